The SMILES string of the molecule is CC(=NC1CCCCC1)c1cccc(C(C)=NC2CCCCC2)n1.CC(=Nc1ccccc1C)c1cccc(C(C)=Nc2ccccc2C)n1.CC(C)(O)c1cccc(C(C)(C)O)n1.CC(C)N=Cc1cccc(C=NC(C)C)n1.COCc1cccc(COC)n1.CSCc1cccc(CSC)n1.OCc1cccc(CO)n1.SCc1cccc(CS)n1. The molecule has 2 saturated carbocycles. The van der Waals surface area contributed by atoms with Crippen LogP contribution in [0, 0.1) is 13.8 Å². The molecule has 24 heteroatoms. The van der Waals surface area contributed by atoms with Gasteiger partial charge in [-0.05, 0) is 255 Å². The Morgan fingerprint density at radius 3 is 1.06 bits per heavy atom. The summed E-state index contributed by atoms with van der Waals surface area (Å²) in [5, 5.41) is 36.7. The van der Waals surface area contributed by atoms with Crippen molar-refractivity contribution >= 4 is 95.4 Å². The quantitative estimate of drug-likeness (QED) is 0.0217. The second kappa shape index (κ2) is 58.9. The van der Waals surface area contributed by atoms with Gasteiger partial charge in [-0.3, -0.25) is 54.9 Å². The molecule has 0 amide bonds. The van der Waals surface area contributed by atoms with Crippen molar-refractivity contribution < 1.29 is 29.9 Å². The number of aliphatic hydroxyl groups excluding tert-OH is 2. The molecular weight excluding hydrogens is 1620 g/mol. The number of hydrogen-bond acceptors (Lipinski definition) is 24. The standard InChI is InChI=1S/C23H23N3.C21H31N3.C13H19N3.C11H17NO2.C9H13NO2.C9H13NS2.C7H9NO2.C7H9NS2/c1-16-10-5-7-12-20(16)24-18(3)22-14-9-15-23(26-22)19(4)25-21-13-8-6-11-17(21)2;1-16(22-18-10-5-3-6-11-18)20-14-9-15-21(24-20)17(2)23-19-12-7-4-8-13-19;1-10(2)14-8-12-6-5-7-13(16-12)9-15-11(3)4;1-10(2,13)8-6-5-7-9(12-8)11(3,4)14;2*1-11-6-8-4-3-5-9(10-8)7-12-2;2*9-4-6-2-1-3-7(5-10)8-6/h5-15H,1-4H3;9,14-15,18-19H,3-8,10-13H2,1-2H3;5-11H,1-4H3;5-7,13-14H,1-4H3;2*3-5H,6-7H2,1-2H3;2*1-3,9-10H,4-5H2. The normalized spacial score (nSPS) is 13.4. The van der Waals surface area contributed by atoms with Crippen LogP contribution in [0.1, 0.15) is 250 Å². The van der Waals surface area contributed by atoms with Crippen molar-refractivity contribution in [3.8, 4) is 0 Å². The van der Waals surface area contributed by atoms with Crippen LogP contribution in [0.15, 0.2) is 224 Å². The van der Waals surface area contributed by atoms with Gasteiger partial charge in [-0.1, -0.05) is 123 Å². The maximum atomic E-state index is 9.74. The van der Waals surface area contributed by atoms with E-state index < -0.39 is 11.2 Å². The highest BCUT2D eigenvalue weighted by Gasteiger charge is 2.23. The minimum absolute atomic E-state index is 0.0756. The summed E-state index contributed by atoms with van der Waals surface area (Å²) in [6.07, 6.45) is 20.8. The van der Waals surface area contributed by atoms with E-state index in [0.717, 1.165) is 114 Å². The maximum Gasteiger partial charge on any atom is 0.101 e. The Bertz CT molecular complexity index is 4570. The molecule has 4 N–H and O–H groups in total. The molecule has 0 aliphatic heterocycles. The van der Waals surface area contributed by atoms with Crippen molar-refractivity contribution in [3.63, 3.8) is 0 Å². The van der Waals surface area contributed by atoms with E-state index in [1.807, 2.05) is 174 Å². The molecule has 12 rings (SSSR count). The third kappa shape index (κ3) is 42.2. The van der Waals surface area contributed by atoms with E-state index >= 15 is 0 Å². The first-order valence-electron chi connectivity index (χ1n) is 42.4. The third-order valence-corrected chi connectivity index (χ3v) is 20.6. The molecule has 2 aromatic carbocycles. The lowest BCUT2D eigenvalue weighted by molar-refractivity contribution is 0.0625. The number of para-hydroxylation sites is 2. The number of aliphatic imine (C=N–C) groups is 6. The molecule has 2 fully saturated rings. The fraction of sp³-hybridized carbons (Fsp3) is 0.420. The molecule has 0 radical (unpaired) electrons. The largest absolute Gasteiger partial charge is 0.390 e. The summed E-state index contributed by atoms with van der Waals surface area (Å²) in [6.45, 7) is 28.1. The van der Waals surface area contributed by atoms with Crippen LogP contribution in [0.2, 0.25) is 0 Å². The molecule has 0 spiro atoms. The Balaban J connectivity index is 0.000000258. The van der Waals surface area contributed by atoms with Crippen LogP contribution in [0.25, 0.3) is 0 Å². The van der Waals surface area contributed by atoms with Gasteiger partial charge < -0.3 is 29.9 Å². The average Bonchev–Trinajstić information content (AvgIpc) is 0.829. The molecule has 8 heterocycles. The number of nitrogens with zero attached hydrogens (tertiary/aromatic N) is 14. The van der Waals surface area contributed by atoms with Crippen LogP contribution >= 0.6 is 48.8 Å². The molecule has 10 aromatic rings. The van der Waals surface area contributed by atoms with Gasteiger partial charge in [0.1, 0.15) is 11.2 Å². The van der Waals surface area contributed by atoms with E-state index in [1.54, 1.807) is 90.7 Å². The molecule has 124 heavy (non-hydrogen) atoms. The van der Waals surface area contributed by atoms with Crippen molar-refractivity contribution in [3.05, 3.63) is 296 Å². The van der Waals surface area contributed by atoms with E-state index in [9.17, 15) is 10.2 Å². The molecule has 2 aliphatic carbocycles. The van der Waals surface area contributed by atoms with Crippen LogP contribution < -0.4 is 0 Å². The average molecular weight is 1760 g/mol. The molecule has 664 valence electrons. The molecule has 2 aliphatic rings. The summed E-state index contributed by atoms with van der Waals surface area (Å²) in [6, 6.07) is 64.3. The van der Waals surface area contributed by atoms with Crippen LogP contribution in [-0.2, 0) is 70.1 Å². The van der Waals surface area contributed by atoms with E-state index in [0.29, 0.717) is 71.7 Å². The second-order valence-corrected chi connectivity index (χ2v) is 33.8. The first-order chi connectivity index (χ1) is 59.5. The monoisotopic (exact) mass is 1750 g/mol. The lowest BCUT2D eigenvalue weighted by Gasteiger charge is -2.21. The minimum Gasteiger partial charge on any atom is -0.390 e. The van der Waals surface area contributed by atoms with Gasteiger partial charge in [0.25, 0.3) is 0 Å². The Morgan fingerprint density at radius 1 is 0.403 bits per heavy atom. The number of thiol groups is 2. The topological polar surface area (TPSA) is 277 Å². The number of ether oxygens (including phenoxy) is 2. The fourth-order valence-corrected chi connectivity index (χ4v) is 13.5. The summed E-state index contributed by atoms with van der Waals surface area (Å²) in [5.74, 6) is 3.42. The Kier molecular flexibility index (Phi) is 50.1. The fourth-order valence-electron chi connectivity index (χ4n) is 12.2. The Labute approximate surface area is 759 Å². The lowest BCUT2D eigenvalue weighted by atomic mass is 9.96. The maximum absolute atomic E-state index is 9.74. The van der Waals surface area contributed by atoms with Gasteiger partial charge in [0.05, 0.1) is 164 Å². The highest BCUT2D eigenvalue weighted by Crippen LogP contribution is 2.26. The molecule has 0 saturated heterocycles. The van der Waals surface area contributed by atoms with Gasteiger partial charge in [0.2, 0.25) is 0 Å². The first kappa shape index (κ1) is 105. The zero-order chi connectivity index (χ0) is 90.7. The summed E-state index contributed by atoms with van der Waals surface area (Å²) < 4.78 is 9.92. The predicted octanol–water partition coefficient (Wildman–Crippen LogP) is 21.8. The number of aliphatic hydroxyl groups is 4. The number of aryl methyl sites for hydroxylation is 2. The zero-order valence-electron chi connectivity index (χ0n) is 76.2. The van der Waals surface area contributed by atoms with E-state index in [-0.39, 0.29) is 13.2 Å². The highest BCUT2D eigenvalue weighted by atomic mass is 32.2. The number of hydrogen-bond donors (Lipinski definition) is 6. The van der Waals surface area contributed by atoms with Crippen LogP contribution in [0.4, 0.5) is 11.4 Å². The number of thioether (sulfide) groups is 2. The van der Waals surface area contributed by atoms with Gasteiger partial charge in [-0.25, -0.2) is 15.0 Å². The number of rotatable bonds is 26. The van der Waals surface area contributed by atoms with Crippen LogP contribution in [-0.4, -0.2) is 146 Å². The van der Waals surface area contributed by atoms with Crippen LogP contribution in [0.3, 0.4) is 0 Å². The summed E-state index contributed by atoms with van der Waals surface area (Å²) in [4.78, 5) is 63.2. The van der Waals surface area contributed by atoms with Crippen molar-refractivity contribution in [1.29, 1.82) is 0 Å². The van der Waals surface area contributed by atoms with Crippen LogP contribution in [0.5, 0.6) is 0 Å². The van der Waals surface area contributed by atoms with Gasteiger partial charge in [-0.15, -0.1) is 0 Å². The second-order valence-electron chi connectivity index (χ2n) is 31.4. The van der Waals surface area contributed by atoms with Gasteiger partial charge >= 0.3 is 0 Å². The Hall–Kier alpha value is -9.18. The summed E-state index contributed by atoms with van der Waals surface area (Å²) in [7, 11) is 3.31. The highest BCUT2D eigenvalue weighted by molar-refractivity contribution is 7.98. The Morgan fingerprint density at radius 2 is 0.718 bits per heavy atom. The molecule has 0 atom stereocenters. The summed E-state index contributed by atoms with van der Waals surface area (Å²) >= 11 is 11.8. The smallest absolute Gasteiger partial charge is 0.101 e. The van der Waals surface area contributed by atoms with Gasteiger partial charge in [0.15, 0.2) is 0 Å². The van der Waals surface area contributed by atoms with Crippen molar-refractivity contribution in [2.24, 2.45) is 30.0 Å². The van der Waals surface area contributed by atoms with Crippen molar-refractivity contribution in [2.75, 3.05) is 26.7 Å². The number of aromatic nitrogens is 8. The molecular formula is C100H134N14O6S4. The molecule has 20 nitrogen and oxygen atoms in total. The third-order valence-electron chi connectivity index (χ3n) is 18.8. The zero-order valence-corrected chi connectivity index (χ0v) is 79.7. The lowest BCUT2D eigenvalue weighted by Crippen LogP contribution is -2.23. The number of benzene rings is 2. The number of pyridine rings is 8. The first-order valence-corrected chi connectivity index (χ1v) is 46.5. The van der Waals surface area contributed by atoms with Gasteiger partial charge in [-0.2, -0.15) is 48.8 Å². The predicted molar refractivity (Wildman–Crippen MR) is 527 cm³/mol. The summed E-state index contributed by atoms with van der Waals surface area (Å²) in [5.41, 5.74) is 20.3. The molecule has 8 aromatic heterocycles. The molecule has 0 bridgehead atoms. The van der Waals surface area contributed by atoms with E-state index in [4.69, 9.17) is 49.6 Å². The number of methoxy groups -OCH3 is 2. The van der Waals surface area contributed by atoms with Crippen molar-refractivity contribution in [2.45, 2.75) is 246 Å². The van der Waals surface area contributed by atoms with E-state index in [1.165, 1.54) is 75.6 Å². The van der Waals surface area contributed by atoms with Crippen molar-refractivity contribution in [1.82, 2.24) is 39.9 Å². The molecule has 0 unspecified atom stereocenters. The minimum atomic E-state index is -0.971. The van der Waals surface area contributed by atoms with E-state index in [2.05, 4.69) is 154 Å². The van der Waals surface area contributed by atoms with Gasteiger partial charge in [0, 0.05) is 61.7 Å².